The van der Waals surface area contributed by atoms with E-state index in [0.29, 0.717) is 47.5 Å². The van der Waals surface area contributed by atoms with Gasteiger partial charge in [-0.15, -0.1) is 0 Å². The highest BCUT2D eigenvalue weighted by Gasteiger charge is 2.23. The van der Waals surface area contributed by atoms with Crippen LogP contribution in [0.2, 0.25) is 0 Å². The molecule has 2 saturated carbocycles. The average molecular weight is 411 g/mol. The molecule has 0 unspecified atom stereocenters. The van der Waals surface area contributed by atoms with Crippen LogP contribution >= 0.6 is 0 Å². The summed E-state index contributed by atoms with van der Waals surface area (Å²) in [6.07, 6.45) is 12.0. The lowest BCUT2D eigenvalue weighted by Crippen LogP contribution is -2.18. The Balaban J connectivity index is 1.59. The zero-order valence-electron chi connectivity index (χ0n) is 18.3. The van der Waals surface area contributed by atoms with E-state index in [-0.39, 0.29) is 0 Å². The zero-order valence-corrected chi connectivity index (χ0v) is 18.3. The number of anilines is 2. The number of hydrogen-bond acceptors (Lipinski definition) is 6. The Kier molecular flexibility index (Phi) is 7.60. The molecule has 1 aromatic rings. The fraction of sp³-hybridized carbons (Fsp3) is 0.565. The van der Waals surface area contributed by atoms with Crippen LogP contribution < -0.4 is 10.6 Å². The minimum atomic E-state index is 0.335. The van der Waals surface area contributed by atoms with Crippen molar-refractivity contribution in [2.24, 2.45) is 11.8 Å². The number of nitrogens with one attached hydrogen (secondary N) is 4. The van der Waals surface area contributed by atoms with E-state index in [1.807, 2.05) is 25.1 Å². The normalized spacial score (nSPS) is 18.1. The lowest BCUT2D eigenvalue weighted by molar-refractivity contribution is 0.289. The summed E-state index contributed by atoms with van der Waals surface area (Å²) in [5, 5.41) is 22.8. The van der Waals surface area contributed by atoms with Gasteiger partial charge in [-0.25, -0.2) is 4.98 Å². The highest BCUT2D eigenvalue weighted by Crippen LogP contribution is 2.35. The summed E-state index contributed by atoms with van der Waals surface area (Å²) >= 11 is 0. The van der Waals surface area contributed by atoms with E-state index >= 15 is 0 Å². The molecule has 0 radical (unpaired) electrons. The van der Waals surface area contributed by atoms with Crippen molar-refractivity contribution in [3.63, 3.8) is 0 Å². The maximum Gasteiger partial charge on any atom is 0.225 e. The second-order valence-electron chi connectivity index (χ2n) is 8.38. The van der Waals surface area contributed by atoms with Gasteiger partial charge in [0, 0.05) is 23.4 Å². The third kappa shape index (κ3) is 6.68. The maximum absolute atomic E-state index is 8.38. The lowest BCUT2D eigenvalue weighted by Gasteiger charge is -2.21. The van der Waals surface area contributed by atoms with Crippen molar-refractivity contribution in [1.82, 2.24) is 9.97 Å². The number of rotatable bonds is 9. The predicted molar refractivity (Wildman–Crippen MR) is 122 cm³/mol. The Labute approximate surface area is 179 Å². The number of nitrogens with zero attached hydrogens (tertiary/aromatic N) is 2. The molecule has 0 aromatic carbocycles. The second-order valence-corrected chi connectivity index (χ2v) is 8.38. The van der Waals surface area contributed by atoms with E-state index in [1.54, 1.807) is 7.11 Å². The van der Waals surface area contributed by atoms with Gasteiger partial charge in [0.1, 0.15) is 17.4 Å². The van der Waals surface area contributed by atoms with Gasteiger partial charge in [-0.3, -0.25) is 5.41 Å². The van der Waals surface area contributed by atoms with Crippen molar-refractivity contribution < 1.29 is 4.74 Å². The minimum Gasteiger partial charge on any atom is -0.499 e. The average Bonchev–Trinajstić information content (AvgIpc) is 3.56. The van der Waals surface area contributed by atoms with Gasteiger partial charge < -0.3 is 20.8 Å². The lowest BCUT2D eigenvalue weighted by atomic mass is 9.85. The molecule has 0 amide bonds. The Morgan fingerprint density at radius 3 is 2.50 bits per heavy atom. The van der Waals surface area contributed by atoms with Crippen molar-refractivity contribution >= 4 is 23.3 Å². The zero-order chi connectivity index (χ0) is 21.5. The highest BCUT2D eigenvalue weighted by atomic mass is 16.5. The molecule has 1 aromatic heterocycles. The Hall–Kier alpha value is -2.70. The summed E-state index contributed by atoms with van der Waals surface area (Å²) in [5.74, 6) is 3.08. The maximum atomic E-state index is 8.38. The first kappa shape index (κ1) is 22.0. The van der Waals surface area contributed by atoms with Gasteiger partial charge in [0.25, 0.3) is 0 Å². The molecule has 7 nitrogen and oxygen atoms in total. The van der Waals surface area contributed by atoms with Gasteiger partial charge in [0.2, 0.25) is 5.95 Å². The first-order valence-electron chi connectivity index (χ1n) is 10.9. The summed E-state index contributed by atoms with van der Waals surface area (Å²) in [6.45, 7) is 4.39. The number of ether oxygens (including phenoxy) is 1. The van der Waals surface area contributed by atoms with E-state index in [4.69, 9.17) is 15.6 Å². The van der Waals surface area contributed by atoms with E-state index in [2.05, 4.69) is 27.5 Å². The third-order valence-electron chi connectivity index (χ3n) is 5.75. The first-order valence-corrected chi connectivity index (χ1v) is 10.9. The fourth-order valence-corrected chi connectivity index (χ4v) is 3.82. The molecular weight excluding hydrogens is 376 g/mol. The predicted octanol–water partition coefficient (Wildman–Crippen LogP) is 5.07. The minimum absolute atomic E-state index is 0.335. The number of methoxy groups -OCH3 is 1. The van der Waals surface area contributed by atoms with Gasteiger partial charge in [-0.2, -0.15) is 4.98 Å². The quantitative estimate of drug-likeness (QED) is 0.258. The highest BCUT2D eigenvalue weighted by molar-refractivity contribution is 6.01. The van der Waals surface area contributed by atoms with Crippen LogP contribution in [-0.4, -0.2) is 35.2 Å². The molecule has 0 spiro atoms. The number of hydrogen-bond donors (Lipinski definition) is 4. The number of amidine groups is 1. The molecule has 1 heterocycles. The first-order chi connectivity index (χ1) is 14.4. The van der Waals surface area contributed by atoms with Gasteiger partial charge in [0.05, 0.1) is 13.7 Å². The summed E-state index contributed by atoms with van der Waals surface area (Å²) in [7, 11) is 1.63. The molecule has 2 fully saturated rings. The topological polar surface area (TPSA) is 107 Å². The van der Waals surface area contributed by atoms with Crippen LogP contribution in [0.4, 0.5) is 11.8 Å². The molecule has 0 aliphatic heterocycles. The molecular formula is C23H34N6O. The van der Waals surface area contributed by atoms with Gasteiger partial charge in [-0.05, 0) is 57.6 Å². The number of allylic oxidation sites excluding steroid dienone is 2. The van der Waals surface area contributed by atoms with Crippen LogP contribution in [0.3, 0.4) is 0 Å². The fourth-order valence-electron chi connectivity index (χ4n) is 3.82. The molecule has 4 N–H and O–H groups in total. The van der Waals surface area contributed by atoms with Crippen molar-refractivity contribution in [3.8, 4) is 0 Å². The smallest absolute Gasteiger partial charge is 0.225 e. The van der Waals surface area contributed by atoms with Crippen LogP contribution in [0, 0.1) is 29.6 Å². The molecule has 3 rings (SSSR count). The van der Waals surface area contributed by atoms with Crippen molar-refractivity contribution in [2.45, 2.75) is 58.8 Å². The Morgan fingerprint density at radius 2 is 1.83 bits per heavy atom. The SMILES string of the molecule is CO/C(=C\C(=N)C1CCCCC1)CNc1nc(C)cc(NC(=N)/C=C(\C)C2CC2)n1. The second kappa shape index (κ2) is 10.4. The standard InChI is InChI=1S/C23H34N6O/c1-15(17-9-10-17)11-21(25)28-22-12-16(2)27-23(29-22)26-14-19(30-3)13-20(24)18-7-5-4-6-8-18/h11-13,17-18,24H,4-10,14H2,1-3H3,(H3,25,26,27,28,29)/b15-11+,19-13-,24-20?. The molecule has 2 aliphatic rings. The van der Waals surface area contributed by atoms with Crippen LogP contribution in [0.25, 0.3) is 0 Å². The number of aromatic nitrogens is 2. The van der Waals surface area contributed by atoms with E-state index in [0.717, 1.165) is 18.5 Å². The van der Waals surface area contributed by atoms with Crippen LogP contribution in [-0.2, 0) is 4.74 Å². The van der Waals surface area contributed by atoms with E-state index in [9.17, 15) is 0 Å². The van der Waals surface area contributed by atoms with E-state index in [1.165, 1.54) is 37.7 Å². The summed E-state index contributed by atoms with van der Waals surface area (Å²) in [6, 6.07) is 1.83. The Morgan fingerprint density at radius 1 is 1.10 bits per heavy atom. The number of aryl methyl sites for hydroxylation is 1. The van der Waals surface area contributed by atoms with Crippen LogP contribution in [0.15, 0.2) is 29.6 Å². The largest absolute Gasteiger partial charge is 0.499 e. The molecule has 2 aliphatic carbocycles. The molecule has 30 heavy (non-hydrogen) atoms. The summed E-state index contributed by atoms with van der Waals surface area (Å²) in [5.41, 5.74) is 2.70. The van der Waals surface area contributed by atoms with E-state index < -0.39 is 0 Å². The molecule has 0 saturated heterocycles. The van der Waals surface area contributed by atoms with Crippen LogP contribution in [0.5, 0.6) is 0 Å². The van der Waals surface area contributed by atoms with Crippen molar-refractivity contribution in [2.75, 3.05) is 24.3 Å². The van der Waals surface area contributed by atoms with Crippen LogP contribution in [0.1, 0.15) is 57.6 Å². The summed E-state index contributed by atoms with van der Waals surface area (Å²) < 4.78 is 5.48. The molecule has 162 valence electrons. The van der Waals surface area contributed by atoms with Gasteiger partial charge in [0.15, 0.2) is 0 Å². The van der Waals surface area contributed by atoms with Crippen molar-refractivity contribution in [3.05, 3.63) is 35.2 Å². The molecule has 0 atom stereocenters. The summed E-state index contributed by atoms with van der Waals surface area (Å²) in [4.78, 5) is 8.91. The van der Waals surface area contributed by atoms with Gasteiger partial charge >= 0.3 is 0 Å². The van der Waals surface area contributed by atoms with Gasteiger partial charge in [-0.1, -0.05) is 24.8 Å². The Bertz CT molecular complexity index is 834. The van der Waals surface area contributed by atoms with Crippen molar-refractivity contribution in [1.29, 1.82) is 10.8 Å². The third-order valence-corrected chi connectivity index (χ3v) is 5.75. The molecule has 7 heteroatoms. The monoisotopic (exact) mass is 410 g/mol. The molecule has 0 bridgehead atoms.